The number of hydrogen-bond donors (Lipinski definition) is 1. The zero-order chi connectivity index (χ0) is 16.2. The fourth-order valence-electron chi connectivity index (χ4n) is 2.57. The van der Waals surface area contributed by atoms with Gasteiger partial charge >= 0.3 is 0 Å². The lowest BCUT2D eigenvalue weighted by molar-refractivity contribution is 0.00711. The van der Waals surface area contributed by atoms with Gasteiger partial charge in [0.25, 0.3) is 5.91 Å². The summed E-state index contributed by atoms with van der Waals surface area (Å²) >= 11 is 0. The average molecular weight is 309 g/mol. The lowest BCUT2D eigenvalue weighted by atomic mass is 10.0. The molecule has 1 saturated carbocycles. The van der Waals surface area contributed by atoms with Crippen LogP contribution in [0.15, 0.2) is 24.5 Å². The zero-order valence-corrected chi connectivity index (χ0v) is 12.9. The van der Waals surface area contributed by atoms with Crippen molar-refractivity contribution in [2.45, 2.75) is 45.1 Å². The van der Waals surface area contributed by atoms with E-state index in [4.69, 9.17) is 4.74 Å². The minimum atomic E-state index is -2.66. The first-order chi connectivity index (χ1) is 10.4. The van der Waals surface area contributed by atoms with E-state index in [0.717, 1.165) is 5.56 Å². The number of aryl methyl sites for hydroxylation is 1. The molecule has 0 heterocycles. The summed E-state index contributed by atoms with van der Waals surface area (Å²) in [6, 6.07) is 5.01. The molecule has 1 atom stereocenters. The van der Waals surface area contributed by atoms with Crippen molar-refractivity contribution in [3.05, 3.63) is 41.2 Å². The number of hydrogen-bond acceptors (Lipinski definition) is 2. The number of carbonyl (C=O) groups is 1. The average Bonchev–Trinajstić information content (AvgIpc) is 2.79. The SMILES string of the molecule is CCO/C=C/c1ccc(C)cc1C(=O)N[C@@H]1CCC(F)(F)C1. The van der Waals surface area contributed by atoms with E-state index in [1.54, 1.807) is 12.1 Å². The molecule has 5 heteroatoms. The number of halogens is 2. The quantitative estimate of drug-likeness (QED) is 0.837. The molecule has 0 aromatic heterocycles. The second kappa shape index (κ2) is 6.90. The van der Waals surface area contributed by atoms with Gasteiger partial charge in [-0.3, -0.25) is 4.79 Å². The number of alkyl halides is 2. The molecule has 2 rings (SSSR count). The molecular formula is C17H21F2NO2. The summed E-state index contributed by atoms with van der Waals surface area (Å²) in [4.78, 5) is 12.4. The van der Waals surface area contributed by atoms with Crippen LogP contribution < -0.4 is 5.32 Å². The highest BCUT2D eigenvalue weighted by Crippen LogP contribution is 2.34. The third-order valence-corrected chi connectivity index (χ3v) is 3.70. The van der Waals surface area contributed by atoms with E-state index in [1.807, 2.05) is 26.0 Å². The topological polar surface area (TPSA) is 38.3 Å². The number of benzene rings is 1. The third-order valence-electron chi connectivity index (χ3n) is 3.70. The van der Waals surface area contributed by atoms with Crippen LogP contribution in [-0.2, 0) is 4.74 Å². The van der Waals surface area contributed by atoms with Gasteiger partial charge in [-0.05, 0) is 38.0 Å². The monoisotopic (exact) mass is 309 g/mol. The minimum Gasteiger partial charge on any atom is -0.501 e. The van der Waals surface area contributed by atoms with Gasteiger partial charge in [-0.15, -0.1) is 0 Å². The summed E-state index contributed by atoms with van der Waals surface area (Å²) in [5.41, 5.74) is 2.13. The lowest BCUT2D eigenvalue weighted by Crippen LogP contribution is -2.34. The molecule has 1 aliphatic rings. The molecule has 0 bridgehead atoms. The largest absolute Gasteiger partial charge is 0.501 e. The molecule has 1 aromatic carbocycles. The van der Waals surface area contributed by atoms with E-state index in [-0.39, 0.29) is 18.7 Å². The highest BCUT2D eigenvalue weighted by molar-refractivity contribution is 5.98. The Labute approximate surface area is 129 Å². The summed E-state index contributed by atoms with van der Waals surface area (Å²) in [6.07, 6.45) is 3.11. The Morgan fingerprint density at radius 1 is 1.50 bits per heavy atom. The molecule has 1 amide bonds. The Bertz CT molecular complexity index is 570. The molecule has 0 radical (unpaired) electrons. The number of carbonyl (C=O) groups excluding carboxylic acids is 1. The van der Waals surface area contributed by atoms with Gasteiger partial charge in [0.15, 0.2) is 0 Å². The van der Waals surface area contributed by atoms with Crippen LogP contribution >= 0.6 is 0 Å². The van der Waals surface area contributed by atoms with Gasteiger partial charge in [0.2, 0.25) is 5.92 Å². The number of nitrogens with one attached hydrogen (secondary N) is 1. The van der Waals surface area contributed by atoms with Crippen LogP contribution in [0.5, 0.6) is 0 Å². The Kier molecular flexibility index (Phi) is 5.16. The molecule has 1 aromatic rings. The van der Waals surface area contributed by atoms with Gasteiger partial charge in [0.05, 0.1) is 12.9 Å². The van der Waals surface area contributed by atoms with Crippen LogP contribution in [0.3, 0.4) is 0 Å². The highest BCUT2D eigenvalue weighted by Gasteiger charge is 2.40. The summed E-state index contributed by atoms with van der Waals surface area (Å²) in [5.74, 6) is -2.98. The normalized spacial score (nSPS) is 20.3. The van der Waals surface area contributed by atoms with Crippen molar-refractivity contribution in [3.63, 3.8) is 0 Å². The molecule has 0 unspecified atom stereocenters. The van der Waals surface area contributed by atoms with E-state index >= 15 is 0 Å². The van der Waals surface area contributed by atoms with Gasteiger partial charge in [-0.1, -0.05) is 17.7 Å². The Hall–Kier alpha value is -1.91. The lowest BCUT2D eigenvalue weighted by Gasteiger charge is -2.14. The van der Waals surface area contributed by atoms with Gasteiger partial charge in [0.1, 0.15) is 0 Å². The molecule has 1 fully saturated rings. The van der Waals surface area contributed by atoms with Crippen molar-refractivity contribution in [3.8, 4) is 0 Å². The van der Waals surface area contributed by atoms with Gasteiger partial charge in [0, 0.05) is 24.4 Å². The van der Waals surface area contributed by atoms with Crippen LogP contribution in [-0.4, -0.2) is 24.5 Å². The first-order valence-corrected chi connectivity index (χ1v) is 7.49. The van der Waals surface area contributed by atoms with Crippen molar-refractivity contribution >= 4 is 12.0 Å². The van der Waals surface area contributed by atoms with Crippen LogP contribution in [0.1, 0.15) is 47.7 Å². The van der Waals surface area contributed by atoms with E-state index in [9.17, 15) is 13.6 Å². The molecular weight excluding hydrogens is 288 g/mol. The minimum absolute atomic E-state index is 0.164. The van der Waals surface area contributed by atoms with Gasteiger partial charge < -0.3 is 10.1 Å². The predicted octanol–water partition coefficient (Wildman–Crippen LogP) is 3.92. The van der Waals surface area contributed by atoms with E-state index < -0.39 is 12.0 Å². The second-order valence-corrected chi connectivity index (χ2v) is 5.62. The molecule has 1 N–H and O–H groups in total. The smallest absolute Gasteiger partial charge is 0.252 e. The molecule has 0 saturated heterocycles. The fraction of sp³-hybridized carbons (Fsp3) is 0.471. The van der Waals surface area contributed by atoms with Crippen LogP contribution in [0.25, 0.3) is 6.08 Å². The highest BCUT2D eigenvalue weighted by atomic mass is 19.3. The second-order valence-electron chi connectivity index (χ2n) is 5.62. The first-order valence-electron chi connectivity index (χ1n) is 7.49. The van der Waals surface area contributed by atoms with E-state index in [1.165, 1.54) is 6.26 Å². The molecule has 22 heavy (non-hydrogen) atoms. The predicted molar refractivity (Wildman–Crippen MR) is 81.9 cm³/mol. The van der Waals surface area contributed by atoms with Crippen molar-refractivity contribution < 1.29 is 18.3 Å². The molecule has 3 nitrogen and oxygen atoms in total. The van der Waals surface area contributed by atoms with Crippen molar-refractivity contribution in [2.24, 2.45) is 0 Å². The standard InChI is InChI=1S/C17H21F2NO2/c1-3-22-9-7-13-5-4-12(2)10-15(13)16(21)20-14-6-8-17(18,19)11-14/h4-5,7,9-10,14H,3,6,8,11H2,1-2H3,(H,20,21)/b9-7+/t14-/m1/s1. The van der Waals surface area contributed by atoms with E-state index in [0.29, 0.717) is 24.2 Å². The number of amides is 1. The Balaban J connectivity index is 2.12. The maximum atomic E-state index is 13.2. The zero-order valence-electron chi connectivity index (χ0n) is 12.9. The summed E-state index contributed by atoms with van der Waals surface area (Å²) in [7, 11) is 0. The van der Waals surface area contributed by atoms with Gasteiger partial charge in [-0.25, -0.2) is 8.78 Å². The summed E-state index contributed by atoms with van der Waals surface area (Å²) in [6.45, 7) is 4.30. The fourth-order valence-corrected chi connectivity index (χ4v) is 2.57. The number of rotatable bonds is 5. The van der Waals surface area contributed by atoms with E-state index in [2.05, 4.69) is 5.32 Å². The summed E-state index contributed by atoms with van der Waals surface area (Å²) < 4.78 is 31.6. The first kappa shape index (κ1) is 16.5. The van der Waals surface area contributed by atoms with Crippen molar-refractivity contribution in [1.29, 1.82) is 0 Å². The van der Waals surface area contributed by atoms with Crippen molar-refractivity contribution in [1.82, 2.24) is 5.32 Å². The molecule has 120 valence electrons. The number of ether oxygens (including phenoxy) is 1. The Morgan fingerprint density at radius 2 is 2.27 bits per heavy atom. The van der Waals surface area contributed by atoms with Crippen molar-refractivity contribution in [2.75, 3.05) is 6.61 Å². The van der Waals surface area contributed by atoms with Crippen LogP contribution in [0, 0.1) is 6.92 Å². The van der Waals surface area contributed by atoms with Crippen LogP contribution in [0.2, 0.25) is 0 Å². The molecule has 0 aliphatic heterocycles. The third kappa shape index (κ3) is 4.29. The maximum absolute atomic E-state index is 13.2. The Morgan fingerprint density at radius 3 is 2.91 bits per heavy atom. The molecule has 1 aliphatic carbocycles. The van der Waals surface area contributed by atoms with Gasteiger partial charge in [-0.2, -0.15) is 0 Å². The van der Waals surface area contributed by atoms with Crippen LogP contribution in [0.4, 0.5) is 8.78 Å². The molecule has 0 spiro atoms. The summed E-state index contributed by atoms with van der Waals surface area (Å²) in [5, 5.41) is 2.72. The maximum Gasteiger partial charge on any atom is 0.252 e.